The SMILES string of the molecule is COc1cc(C(=O)NCCCc2nc3c(s2)CCCC3)cc(Cl)c1OCC(N)=O. The number of aromatic nitrogens is 1. The number of primary amides is 1. The molecule has 0 saturated heterocycles. The van der Waals surface area contributed by atoms with Crippen LogP contribution in [0.15, 0.2) is 12.1 Å². The molecule has 1 aliphatic carbocycles. The highest BCUT2D eigenvalue weighted by atomic mass is 35.5. The number of hydrogen-bond donors (Lipinski definition) is 2. The van der Waals surface area contributed by atoms with Crippen LogP contribution in [0.3, 0.4) is 0 Å². The number of carbonyl (C=O) groups excluding carboxylic acids is 2. The molecule has 1 aromatic carbocycles. The molecule has 0 unspecified atom stereocenters. The van der Waals surface area contributed by atoms with Crippen molar-refractivity contribution >= 4 is 34.8 Å². The third-order valence-electron chi connectivity index (χ3n) is 4.59. The smallest absolute Gasteiger partial charge is 0.255 e. The van der Waals surface area contributed by atoms with E-state index in [0.29, 0.717) is 12.1 Å². The van der Waals surface area contributed by atoms with Gasteiger partial charge in [-0.3, -0.25) is 9.59 Å². The van der Waals surface area contributed by atoms with E-state index in [1.165, 1.54) is 42.7 Å². The number of rotatable bonds is 9. The van der Waals surface area contributed by atoms with Gasteiger partial charge in [0, 0.05) is 23.4 Å². The zero-order valence-corrected chi connectivity index (χ0v) is 17.8. The first-order valence-corrected chi connectivity index (χ1v) is 10.7. The average molecular weight is 438 g/mol. The van der Waals surface area contributed by atoms with E-state index in [4.69, 9.17) is 31.8 Å². The number of ether oxygens (including phenoxy) is 2. The number of halogens is 1. The van der Waals surface area contributed by atoms with Crippen LogP contribution in [0, 0.1) is 0 Å². The standard InChI is InChI=1S/C20H24ClN3O4S/c1-27-15-10-12(9-13(21)19(15)28-11-17(22)25)20(26)23-8-4-7-18-24-14-5-2-3-6-16(14)29-18/h9-10H,2-8,11H2,1H3,(H2,22,25)(H,23,26). The molecule has 7 nitrogen and oxygen atoms in total. The number of hydrogen-bond acceptors (Lipinski definition) is 6. The van der Waals surface area contributed by atoms with Crippen molar-refractivity contribution in [3.8, 4) is 11.5 Å². The zero-order chi connectivity index (χ0) is 20.8. The summed E-state index contributed by atoms with van der Waals surface area (Å²) in [5, 5.41) is 4.20. The Hall–Kier alpha value is -2.32. The van der Waals surface area contributed by atoms with E-state index in [9.17, 15) is 9.59 Å². The van der Waals surface area contributed by atoms with Crippen molar-refractivity contribution in [2.24, 2.45) is 5.73 Å². The highest BCUT2D eigenvalue weighted by Crippen LogP contribution is 2.36. The molecule has 1 heterocycles. The highest BCUT2D eigenvalue weighted by Gasteiger charge is 2.17. The number of amides is 2. The normalized spacial score (nSPS) is 12.9. The second-order valence-electron chi connectivity index (χ2n) is 6.79. The van der Waals surface area contributed by atoms with Crippen LogP contribution >= 0.6 is 22.9 Å². The fourth-order valence-electron chi connectivity index (χ4n) is 3.19. The first kappa shape index (κ1) is 21.4. The molecular weight excluding hydrogens is 414 g/mol. The topological polar surface area (TPSA) is 104 Å². The number of nitrogens with two attached hydrogens (primary N) is 1. The summed E-state index contributed by atoms with van der Waals surface area (Å²) in [6.45, 7) is 0.199. The van der Waals surface area contributed by atoms with E-state index in [1.807, 2.05) is 0 Å². The molecule has 0 spiro atoms. The van der Waals surface area contributed by atoms with Crippen LogP contribution in [0.25, 0.3) is 0 Å². The van der Waals surface area contributed by atoms with Crippen LogP contribution in [0.1, 0.15) is 45.2 Å². The van der Waals surface area contributed by atoms with Crippen LogP contribution in [0.2, 0.25) is 5.02 Å². The van der Waals surface area contributed by atoms with Crippen molar-refractivity contribution in [2.75, 3.05) is 20.3 Å². The van der Waals surface area contributed by atoms with Gasteiger partial charge in [-0.1, -0.05) is 11.6 Å². The van der Waals surface area contributed by atoms with Crippen molar-refractivity contribution in [3.05, 3.63) is 38.3 Å². The van der Waals surface area contributed by atoms with Crippen LogP contribution in [-0.2, 0) is 24.1 Å². The number of nitrogens with one attached hydrogen (secondary N) is 1. The molecule has 2 amide bonds. The summed E-state index contributed by atoms with van der Waals surface area (Å²) in [6, 6.07) is 3.00. The minimum atomic E-state index is -0.633. The van der Waals surface area contributed by atoms with Crippen molar-refractivity contribution in [1.82, 2.24) is 10.3 Å². The van der Waals surface area contributed by atoms with Crippen LogP contribution < -0.4 is 20.5 Å². The molecule has 0 fully saturated rings. The maximum absolute atomic E-state index is 12.5. The molecule has 29 heavy (non-hydrogen) atoms. The third kappa shape index (κ3) is 5.61. The Morgan fingerprint density at radius 1 is 1.31 bits per heavy atom. The van der Waals surface area contributed by atoms with Gasteiger partial charge in [0.1, 0.15) is 0 Å². The number of methoxy groups -OCH3 is 1. The van der Waals surface area contributed by atoms with E-state index >= 15 is 0 Å². The second-order valence-corrected chi connectivity index (χ2v) is 8.36. The quantitative estimate of drug-likeness (QED) is 0.587. The molecule has 0 aliphatic heterocycles. The molecule has 1 aliphatic rings. The lowest BCUT2D eigenvalue weighted by Gasteiger charge is -2.13. The molecule has 0 atom stereocenters. The molecule has 1 aromatic heterocycles. The van der Waals surface area contributed by atoms with Crippen molar-refractivity contribution in [1.29, 1.82) is 0 Å². The predicted molar refractivity (Wildman–Crippen MR) is 112 cm³/mol. The lowest BCUT2D eigenvalue weighted by molar-refractivity contribution is -0.119. The Balaban J connectivity index is 1.54. The van der Waals surface area contributed by atoms with Crippen LogP contribution in [-0.4, -0.2) is 37.1 Å². The molecular formula is C20H24ClN3O4S. The van der Waals surface area contributed by atoms with Gasteiger partial charge in [-0.15, -0.1) is 11.3 Å². The Morgan fingerprint density at radius 3 is 2.83 bits per heavy atom. The molecule has 9 heteroatoms. The second kappa shape index (κ2) is 9.93. The number of fused-ring (bicyclic) bond motifs is 1. The van der Waals surface area contributed by atoms with Gasteiger partial charge in [0.15, 0.2) is 18.1 Å². The molecule has 0 radical (unpaired) electrons. The summed E-state index contributed by atoms with van der Waals surface area (Å²) in [7, 11) is 1.43. The van der Waals surface area contributed by atoms with E-state index in [-0.39, 0.29) is 29.0 Å². The van der Waals surface area contributed by atoms with Crippen molar-refractivity contribution in [2.45, 2.75) is 38.5 Å². The number of carbonyl (C=O) groups is 2. The highest BCUT2D eigenvalue weighted by molar-refractivity contribution is 7.11. The van der Waals surface area contributed by atoms with Crippen molar-refractivity contribution < 1.29 is 19.1 Å². The average Bonchev–Trinajstić information content (AvgIpc) is 3.12. The Kier molecular flexibility index (Phi) is 7.33. The first-order chi connectivity index (χ1) is 14.0. The molecule has 0 saturated carbocycles. The first-order valence-electron chi connectivity index (χ1n) is 9.52. The molecule has 156 valence electrons. The van der Waals surface area contributed by atoms with Crippen LogP contribution in [0.4, 0.5) is 0 Å². The van der Waals surface area contributed by atoms with Gasteiger partial charge in [-0.2, -0.15) is 0 Å². The minimum Gasteiger partial charge on any atom is -0.493 e. The van der Waals surface area contributed by atoms with Gasteiger partial charge >= 0.3 is 0 Å². The fraction of sp³-hybridized carbons (Fsp3) is 0.450. The monoisotopic (exact) mass is 437 g/mol. The number of nitrogens with zero attached hydrogens (tertiary/aromatic N) is 1. The van der Waals surface area contributed by atoms with E-state index in [2.05, 4.69) is 5.32 Å². The summed E-state index contributed by atoms with van der Waals surface area (Å²) < 4.78 is 10.5. The van der Waals surface area contributed by atoms with Gasteiger partial charge in [0.05, 0.1) is 22.8 Å². The summed E-state index contributed by atoms with van der Waals surface area (Å²) >= 11 is 7.99. The third-order valence-corrected chi connectivity index (χ3v) is 6.09. The lowest BCUT2D eigenvalue weighted by atomic mass is 10.0. The zero-order valence-electron chi connectivity index (χ0n) is 16.3. The summed E-state index contributed by atoms with van der Waals surface area (Å²) in [4.78, 5) is 29.5. The minimum absolute atomic E-state index is 0.170. The molecule has 2 aromatic rings. The van der Waals surface area contributed by atoms with Gasteiger partial charge in [-0.25, -0.2) is 4.98 Å². The van der Waals surface area contributed by atoms with Gasteiger partial charge in [0.25, 0.3) is 11.8 Å². The fourth-order valence-corrected chi connectivity index (χ4v) is 4.65. The predicted octanol–water partition coefficient (Wildman–Crippen LogP) is 2.91. The Labute approximate surface area is 178 Å². The lowest BCUT2D eigenvalue weighted by Crippen LogP contribution is -2.25. The number of thiazole rings is 1. The molecule has 0 bridgehead atoms. The summed E-state index contributed by atoms with van der Waals surface area (Å²) in [6.07, 6.45) is 6.37. The van der Waals surface area contributed by atoms with E-state index in [0.717, 1.165) is 30.7 Å². The van der Waals surface area contributed by atoms with Gasteiger partial charge in [0.2, 0.25) is 0 Å². The molecule has 3 rings (SSSR count). The van der Waals surface area contributed by atoms with Gasteiger partial charge in [-0.05, 0) is 44.2 Å². The number of benzene rings is 1. The van der Waals surface area contributed by atoms with Crippen LogP contribution in [0.5, 0.6) is 11.5 Å². The summed E-state index contributed by atoms with van der Waals surface area (Å²) in [5.74, 6) is -0.453. The maximum atomic E-state index is 12.5. The summed E-state index contributed by atoms with van der Waals surface area (Å²) in [5.41, 5.74) is 6.70. The number of aryl methyl sites for hydroxylation is 3. The van der Waals surface area contributed by atoms with E-state index < -0.39 is 5.91 Å². The van der Waals surface area contributed by atoms with Gasteiger partial charge < -0.3 is 20.5 Å². The Morgan fingerprint density at radius 2 is 2.10 bits per heavy atom. The largest absolute Gasteiger partial charge is 0.493 e. The Bertz CT molecular complexity index is 877. The molecule has 3 N–H and O–H groups in total. The van der Waals surface area contributed by atoms with E-state index in [1.54, 1.807) is 11.3 Å². The van der Waals surface area contributed by atoms with Crippen molar-refractivity contribution in [3.63, 3.8) is 0 Å². The maximum Gasteiger partial charge on any atom is 0.255 e.